The summed E-state index contributed by atoms with van der Waals surface area (Å²) in [7, 11) is 1.58. The number of hydrogen-bond donors (Lipinski definition) is 1. The minimum atomic E-state index is -0.607. The summed E-state index contributed by atoms with van der Waals surface area (Å²) in [5, 5.41) is 10.0. The molecule has 0 radical (unpaired) electrons. The van der Waals surface area contributed by atoms with Gasteiger partial charge in [0.1, 0.15) is 11.0 Å². The van der Waals surface area contributed by atoms with Crippen LogP contribution in [-0.4, -0.2) is 40.1 Å². The third-order valence-electron chi connectivity index (χ3n) is 5.94. The lowest BCUT2D eigenvalue weighted by molar-refractivity contribution is -0.121. The summed E-state index contributed by atoms with van der Waals surface area (Å²) < 4.78 is 5.14. The van der Waals surface area contributed by atoms with Gasteiger partial charge in [0.05, 0.1) is 18.9 Å². The first kappa shape index (κ1) is 24.1. The van der Waals surface area contributed by atoms with Crippen molar-refractivity contribution in [3.05, 3.63) is 95.0 Å². The van der Waals surface area contributed by atoms with Crippen molar-refractivity contribution in [2.45, 2.75) is 24.1 Å². The van der Waals surface area contributed by atoms with Gasteiger partial charge in [0.25, 0.3) is 5.91 Å². The van der Waals surface area contributed by atoms with Gasteiger partial charge in [0, 0.05) is 23.6 Å². The first-order chi connectivity index (χ1) is 17.5. The highest BCUT2D eigenvalue weighted by molar-refractivity contribution is 8.15. The van der Waals surface area contributed by atoms with Crippen molar-refractivity contribution in [1.82, 2.24) is 5.01 Å². The fourth-order valence-electron chi connectivity index (χ4n) is 4.10. The Morgan fingerprint density at radius 2 is 1.81 bits per heavy atom. The summed E-state index contributed by atoms with van der Waals surface area (Å²) in [6, 6.07) is 24.5. The molecule has 0 spiro atoms. The average Bonchev–Trinajstić information content (AvgIpc) is 3.49. The van der Waals surface area contributed by atoms with Crippen LogP contribution in [0.4, 0.5) is 5.69 Å². The molecular formula is C27H23ClN4O3S. The highest BCUT2D eigenvalue weighted by Gasteiger charge is 2.39. The number of amides is 2. The molecule has 0 saturated carbocycles. The van der Waals surface area contributed by atoms with E-state index in [9.17, 15) is 9.59 Å². The Morgan fingerprint density at radius 1 is 1.08 bits per heavy atom. The van der Waals surface area contributed by atoms with Gasteiger partial charge in [-0.15, -0.1) is 0 Å². The van der Waals surface area contributed by atoms with Gasteiger partial charge >= 0.3 is 0 Å². The SMILES string of the molecule is COc1ccc(NC(=O)C[C@@H]2SC(N3N=C(c4ccc(Cl)cc4)C[C@H]3c3ccccc3)=NC2=O)cc1. The van der Waals surface area contributed by atoms with E-state index in [2.05, 4.69) is 10.3 Å². The smallest absolute Gasteiger partial charge is 0.262 e. The third-order valence-corrected chi connectivity index (χ3v) is 7.34. The molecule has 2 atom stereocenters. The highest BCUT2D eigenvalue weighted by Crippen LogP contribution is 2.38. The van der Waals surface area contributed by atoms with Gasteiger partial charge in [-0.3, -0.25) is 9.59 Å². The number of aliphatic imine (C=N–C) groups is 1. The molecule has 182 valence electrons. The molecule has 3 aromatic rings. The molecule has 0 bridgehead atoms. The first-order valence-corrected chi connectivity index (χ1v) is 12.7. The van der Waals surface area contributed by atoms with Crippen molar-refractivity contribution in [3.63, 3.8) is 0 Å². The Bertz CT molecular complexity index is 1330. The fourth-order valence-corrected chi connectivity index (χ4v) is 5.29. The molecule has 36 heavy (non-hydrogen) atoms. The van der Waals surface area contributed by atoms with Crippen LogP contribution < -0.4 is 10.1 Å². The number of halogens is 1. The summed E-state index contributed by atoms with van der Waals surface area (Å²) >= 11 is 7.34. The zero-order valence-electron chi connectivity index (χ0n) is 19.4. The second-order valence-corrected chi connectivity index (χ2v) is 9.95. The Morgan fingerprint density at radius 3 is 2.50 bits per heavy atom. The second-order valence-electron chi connectivity index (χ2n) is 8.35. The quantitative estimate of drug-likeness (QED) is 0.464. The van der Waals surface area contributed by atoms with Crippen LogP contribution in [-0.2, 0) is 9.59 Å². The fraction of sp³-hybridized carbons (Fsp3) is 0.185. The van der Waals surface area contributed by atoms with Gasteiger partial charge in [0.15, 0.2) is 5.17 Å². The second kappa shape index (κ2) is 10.6. The van der Waals surface area contributed by atoms with Crippen LogP contribution in [0.3, 0.4) is 0 Å². The molecule has 0 fully saturated rings. The van der Waals surface area contributed by atoms with Crippen molar-refractivity contribution >= 4 is 51.7 Å². The maximum absolute atomic E-state index is 12.8. The molecule has 7 nitrogen and oxygen atoms in total. The molecule has 2 aliphatic rings. The average molecular weight is 519 g/mol. The highest BCUT2D eigenvalue weighted by atomic mass is 35.5. The van der Waals surface area contributed by atoms with E-state index in [1.165, 1.54) is 11.8 Å². The summed E-state index contributed by atoms with van der Waals surface area (Å²) in [6.07, 6.45) is 0.669. The molecule has 3 aromatic carbocycles. The van der Waals surface area contributed by atoms with Crippen molar-refractivity contribution in [2.24, 2.45) is 10.1 Å². The van der Waals surface area contributed by atoms with Gasteiger partial charge in [-0.1, -0.05) is 65.8 Å². The van der Waals surface area contributed by atoms with E-state index >= 15 is 0 Å². The molecule has 2 aliphatic heterocycles. The van der Waals surface area contributed by atoms with Crippen LogP contribution in [0.15, 0.2) is 89.0 Å². The minimum Gasteiger partial charge on any atom is -0.497 e. The van der Waals surface area contributed by atoms with Gasteiger partial charge in [-0.25, -0.2) is 5.01 Å². The zero-order valence-corrected chi connectivity index (χ0v) is 21.0. The maximum atomic E-state index is 12.8. The van der Waals surface area contributed by atoms with E-state index in [0.29, 0.717) is 28.0 Å². The van der Waals surface area contributed by atoms with E-state index in [4.69, 9.17) is 21.4 Å². The van der Waals surface area contributed by atoms with Gasteiger partial charge in [-0.05, 0) is 47.5 Å². The van der Waals surface area contributed by atoms with E-state index in [0.717, 1.165) is 16.8 Å². The van der Waals surface area contributed by atoms with Crippen LogP contribution in [0, 0.1) is 0 Å². The number of hydrazone groups is 1. The number of carbonyl (C=O) groups excluding carboxylic acids is 2. The standard InChI is InChI=1S/C27H23ClN4O3S/c1-35-21-13-11-20(12-14-21)29-25(33)16-24-26(34)30-27(36-24)32-23(18-5-3-2-4-6-18)15-22(31-32)17-7-9-19(28)10-8-17/h2-14,23-24H,15-16H2,1H3,(H,29,33)/t23-,24-/m0/s1. The number of methoxy groups -OCH3 is 1. The van der Waals surface area contributed by atoms with Crippen molar-refractivity contribution in [1.29, 1.82) is 0 Å². The first-order valence-electron chi connectivity index (χ1n) is 11.4. The van der Waals surface area contributed by atoms with E-state index < -0.39 is 5.25 Å². The van der Waals surface area contributed by atoms with E-state index in [1.807, 2.05) is 59.6 Å². The molecular weight excluding hydrogens is 496 g/mol. The number of anilines is 1. The van der Waals surface area contributed by atoms with Crippen LogP contribution in [0.1, 0.15) is 30.0 Å². The summed E-state index contributed by atoms with van der Waals surface area (Å²) in [4.78, 5) is 29.7. The number of rotatable bonds is 6. The van der Waals surface area contributed by atoms with E-state index in [-0.39, 0.29) is 24.3 Å². The summed E-state index contributed by atoms with van der Waals surface area (Å²) in [5.41, 5.74) is 3.56. The summed E-state index contributed by atoms with van der Waals surface area (Å²) in [5.74, 6) is 0.111. The van der Waals surface area contributed by atoms with Crippen molar-refractivity contribution < 1.29 is 14.3 Å². The topological polar surface area (TPSA) is 83.4 Å². The number of nitrogens with zero attached hydrogens (tertiary/aromatic N) is 3. The Labute approximate surface area is 218 Å². The third kappa shape index (κ3) is 5.29. The molecule has 0 saturated heterocycles. The lowest BCUT2D eigenvalue weighted by atomic mass is 9.99. The van der Waals surface area contributed by atoms with Crippen LogP contribution in [0.25, 0.3) is 0 Å². The number of ether oxygens (including phenoxy) is 1. The normalized spacial score (nSPS) is 19.2. The van der Waals surface area contributed by atoms with E-state index in [1.54, 1.807) is 31.4 Å². The minimum absolute atomic E-state index is 0.0140. The molecule has 9 heteroatoms. The molecule has 2 heterocycles. The number of hydrogen-bond acceptors (Lipinski definition) is 6. The monoisotopic (exact) mass is 518 g/mol. The number of benzene rings is 3. The Hall–Kier alpha value is -3.62. The Kier molecular flexibility index (Phi) is 7.06. The van der Waals surface area contributed by atoms with Crippen molar-refractivity contribution in [2.75, 3.05) is 12.4 Å². The number of amidine groups is 1. The number of carbonyl (C=O) groups is 2. The van der Waals surface area contributed by atoms with Gasteiger partial charge < -0.3 is 10.1 Å². The predicted molar refractivity (Wildman–Crippen MR) is 144 cm³/mol. The number of thioether (sulfide) groups is 1. The van der Waals surface area contributed by atoms with Crippen LogP contribution >= 0.6 is 23.4 Å². The van der Waals surface area contributed by atoms with Crippen molar-refractivity contribution in [3.8, 4) is 5.75 Å². The van der Waals surface area contributed by atoms with Crippen LogP contribution in [0.5, 0.6) is 5.75 Å². The molecule has 1 N–H and O–H groups in total. The molecule has 0 unspecified atom stereocenters. The summed E-state index contributed by atoms with van der Waals surface area (Å²) in [6.45, 7) is 0. The molecule has 5 rings (SSSR count). The molecule has 2 amide bonds. The lowest BCUT2D eigenvalue weighted by Gasteiger charge is -2.23. The zero-order chi connectivity index (χ0) is 25.1. The predicted octanol–water partition coefficient (Wildman–Crippen LogP) is 5.53. The van der Waals surface area contributed by atoms with Gasteiger partial charge in [0.2, 0.25) is 5.91 Å². The number of nitrogens with one attached hydrogen (secondary N) is 1. The molecule has 0 aromatic heterocycles. The largest absolute Gasteiger partial charge is 0.497 e. The van der Waals surface area contributed by atoms with Crippen LogP contribution in [0.2, 0.25) is 5.02 Å². The van der Waals surface area contributed by atoms with Gasteiger partial charge in [-0.2, -0.15) is 10.1 Å². The lowest BCUT2D eigenvalue weighted by Crippen LogP contribution is -2.25. The maximum Gasteiger partial charge on any atom is 0.262 e. The molecule has 0 aliphatic carbocycles. The Balaban J connectivity index is 1.32.